The van der Waals surface area contributed by atoms with E-state index in [4.69, 9.17) is 0 Å². The van der Waals surface area contributed by atoms with E-state index in [1.165, 1.54) is 25.0 Å². The molecule has 18 heavy (non-hydrogen) atoms. The van der Waals surface area contributed by atoms with E-state index < -0.39 is 11.7 Å². The fraction of sp³-hybridized carbons (Fsp3) is 0.571. The van der Waals surface area contributed by atoms with Gasteiger partial charge in [-0.2, -0.15) is 13.2 Å². The molecule has 1 N–H and O–H groups in total. The zero-order chi connectivity index (χ0) is 13.3. The zero-order valence-corrected chi connectivity index (χ0v) is 10.6. The van der Waals surface area contributed by atoms with Crippen molar-refractivity contribution >= 4 is 0 Å². The summed E-state index contributed by atoms with van der Waals surface area (Å²) in [5.74, 6) is 1.02. The van der Waals surface area contributed by atoms with Gasteiger partial charge in [-0.3, -0.25) is 0 Å². The molecule has 0 aromatic heterocycles. The summed E-state index contributed by atoms with van der Waals surface area (Å²) in [6.45, 7) is 2.11. The molecule has 1 aromatic carbocycles. The third-order valence-electron chi connectivity index (χ3n) is 3.78. The number of halogens is 3. The van der Waals surface area contributed by atoms with Crippen LogP contribution in [0.15, 0.2) is 24.3 Å². The van der Waals surface area contributed by atoms with Gasteiger partial charge in [-0.15, -0.1) is 0 Å². The minimum atomic E-state index is -4.27. The summed E-state index contributed by atoms with van der Waals surface area (Å²) in [4.78, 5) is 0. The number of alkyl halides is 3. The van der Waals surface area contributed by atoms with E-state index >= 15 is 0 Å². The molecule has 2 atom stereocenters. The summed E-state index contributed by atoms with van der Waals surface area (Å²) in [6.07, 6.45) is -1.88. The molecule has 0 radical (unpaired) electrons. The Morgan fingerprint density at radius 2 is 1.94 bits per heavy atom. The fourth-order valence-electron chi connectivity index (χ4n) is 2.54. The van der Waals surface area contributed by atoms with Crippen molar-refractivity contribution in [1.82, 2.24) is 5.32 Å². The molecule has 1 aliphatic rings. The Morgan fingerprint density at radius 3 is 2.44 bits per heavy atom. The lowest BCUT2D eigenvalue weighted by Crippen LogP contribution is -2.25. The van der Waals surface area contributed by atoms with Crippen molar-refractivity contribution in [3.8, 4) is 0 Å². The van der Waals surface area contributed by atoms with Crippen molar-refractivity contribution in [2.75, 3.05) is 7.05 Å². The molecule has 1 nitrogen and oxygen atoms in total. The monoisotopic (exact) mass is 257 g/mol. The van der Waals surface area contributed by atoms with E-state index in [-0.39, 0.29) is 6.04 Å². The lowest BCUT2D eigenvalue weighted by atomic mass is 9.90. The summed E-state index contributed by atoms with van der Waals surface area (Å²) >= 11 is 0. The van der Waals surface area contributed by atoms with Crippen LogP contribution >= 0.6 is 0 Å². The molecular weight excluding hydrogens is 239 g/mol. The molecular formula is C14H18F3N. The molecule has 4 heteroatoms. The number of rotatable bonds is 4. The second kappa shape index (κ2) is 4.92. The normalized spacial score (nSPS) is 19.6. The maximum atomic E-state index is 12.7. The molecule has 1 aliphatic carbocycles. The van der Waals surface area contributed by atoms with Gasteiger partial charge >= 0.3 is 6.18 Å². The molecule has 0 amide bonds. The molecule has 2 rings (SSSR count). The molecule has 1 saturated carbocycles. The maximum absolute atomic E-state index is 12.7. The molecule has 100 valence electrons. The average molecular weight is 257 g/mol. The van der Waals surface area contributed by atoms with Crippen LogP contribution in [0.2, 0.25) is 0 Å². The van der Waals surface area contributed by atoms with E-state index in [0.29, 0.717) is 11.8 Å². The Bertz CT molecular complexity index is 410. The van der Waals surface area contributed by atoms with Crippen LogP contribution < -0.4 is 5.32 Å². The zero-order valence-electron chi connectivity index (χ0n) is 10.6. The average Bonchev–Trinajstić information content (AvgIpc) is 3.13. The van der Waals surface area contributed by atoms with E-state index in [9.17, 15) is 13.2 Å². The number of benzene rings is 1. The molecule has 0 bridgehead atoms. The molecule has 1 aromatic rings. The first-order chi connectivity index (χ1) is 8.43. The number of nitrogens with one attached hydrogen (secondary N) is 1. The van der Waals surface area contributed by atoms with Gasteiger partial charge in [0.15, 0.2) is 0 Å². The summed E-state index contributed by atoms with van der Waals surface area (Å²) in [5, 5.41) is 3.15. The Balaban J connectivity index is 2.25. The van der Waals surface area contributed by atoms with Crippen LogP contribution in [-0.2, 0) is 6.18 Å². The molecule has 0 heterocycles. The SMILES string of the molecule is CNC(c1cccc(C(F)(F)F)c1)C(C)C1CC1. The predicted octanol–water partition coefficient (Wildman–Crippen LogP) is 4.01. The van der Waals surface area contributed by atoms with Crippen LogP contribution in [0.3, 0.4) is 0 Å². The topological polar surface area (TPSA) is 12.0 Å². The molecule has 0 spiro atoms. The van der Waals surface area contributed by atoms with E-state index in [0.717, 1.165) is 11.6 Å². The van der Waals surface area contributed by atoms with Gasteiger partial charge in [-0.1, -0.05) is 19.1 Å². The number of hydrogen-bond donors (Lipinski definition) is 1. The minimum absolute atomic E-state index is 0.000185. The van der Waals surface area contributed by atoms with E-state index in [1.807, 2.05) is 7.05 Å². The molecule has 1 fully saturated rings. The van der Waals surface area contributed by atoms with Crippen LogP contribution in [0.5, 0.6) is 0 Å². The highest BCUT2D eigenvalue weighted by atomic mass is 19.4. The van der Waals surface area contributed by atoms with E-state index in [2.05, 4.69) is 12.2 Å². The van der Waals surface area contributed by atoms with Crippen LogP contribution in [0.1, 0.15) is 36.9 Å². The predicted molar refractivity (Wildman–Crippen MR) is 65.1 cm³/mol. The standard InChI is InChI=1S/C14H18F3N/c1-9(10-6-7-10)13(18-2)11-4-3-5-12(8-11)14(15,16)17/h3-5,8-10,13,18H,6-7H2,1-2H3. The first-order valence-corrected chi connectivity index (χ1v) is 6.28. The maximum Gasteiger partial charge on any atom is 0.416 e. The Morgan fingerprint density at radius 1 is 1.28 bits per heavy atom. The second-order valence-electron chi connectivity index (χ2n) is 5.09. The van der Waals surface area contributed by atoms with Gasteiger partial charge < -0.3 is 5.32 Å². The van der Waals surface area contributed by atoms with Crippen molar-refractivity contribution in [3.63, 3.8) is 0 Å². The lowest BCUT2D eigenvalue weighted by Gasteiger charge is -2.24. The van der Waals surface area contributed by atoms with E-state index in [1.54, 1.807) is 6.07 Å². The van der Waals surface area contributed by atoms with Gasteiger partial charge in [0.25, 0.3) is 0 Å². The minimum Gasteiger partial charge on any atom is -0.313 e. The van der Waals surface area contributed by atoms with Crippen molar-refractivity contribution in [2.45, 2.75) is 32.0 Å². The summed E-state index contributed by atoms with van der Waals surface area (Å²) < 4.78 is 38.1. The summed E-state index contributed by atoms with van der Waals surface area (Å²) in [6, 6.07) is 5.65. The van der Waals surface area contributed by atoms with Crippen LogP contribution in [-0.4, -0.2) is 7.05 Å². The van der Waals surface area contributed by atoms with Crippen molar-refractivity contribution < 1.29 is 13.2 Å². The van der Waals surface area contributed by atoms with Gasteiger partial charge in [0.1, 0.15) is 0 Å². The number of hydrogen-bond acceptors (Lipinski definition) is 1. The summed E-state index contributed by atoms with van der Waals surface area (Å²) in [7, 11) is 1.81. The van der Waals surface area contributed by atoms with Gasteiger partial charge in [-0.05, 0) is 49.4 Å². The quantitative estimate of drug-likeness (QED) is 0.859. The van der Waals surface area contributed by atoms with Gasteiger partial charge in [0.05, 0.1) is 5.56 Å². The third kappa shape index (κ3) is 2.86. The highest BCUT2D eigenvalue weighted by Gasteiger charge is 2.35. The highest BCUT2D eigenvalue weighted by Crippen LogP contribution is 2.43. The second-order valence-corrected chi connectivity index (χ2v) is 5.09. The van der Waals surface area contributed by atoms with Crippen molar-refractivity contribution in [1.29, 1.82) is 0 Å². The Kier molecular flexibility index (Phi) is 3.66. The summed E-state index contributed by atoms with van der Waals surface area (Å²) in [5.41, 5.74) is 0.162. The largest absolute Gasteiger partial charge is 0.416 e. The first-order valence-electron chi connectivity index (χ1n) is 6.28. The van der Waals surface area contributed by atoms with Gasteiger partial charge in [0.2, 0.25) is 0 Å². The first kappa shape index (κ1) is 13.4. The van der Waals surface area contributed by atoms with Crippen LogP contribution in [0.4, 0.5) is 13.2 Å². The van der Waals surface area contributed by atoms with Crippen LogP contribution in [0.25, 0.3) is 0 Å². The van der Waals surface area contributed by atoms with Gasteiger partial charge in [0, 0.05) is 6.04 Å². The van der Waals surface area contributed by atoms with Crippen LogP contribution in [0, 0.1) is 11.8 Å². The third-order valence-corrected chi connectivity index (χ3v) is 3.78. The van der Waals surface area contributed by atoms with Gasteiger partial charge in [-0.25, -0.2) is 0 Å². The Hall–Kier alpha value is -1.03. The van der Waals surface area contributed by atoms with Crippen molar-refractivity contribution in [2.24, 2.45) is 11.8 Å². The molecule has 0 aliphatic heterocycles. The lowest BCUT2D eigenvalue weighted by molar-refractivity contribution is -0.137. The molecule has 2 unspecified atom stereocenters. The smallest absolute Gasteiger partial charge is 0.313 e. The Labute approximate surface area is 105 Å². The molecule has 0 saturated heterocycles. The van der Waals surface area contributed by atoms with Crippen molar-refractivity contribution in [3.05, 3.63) is 35.4 Å². The highest BCUT2D eigenvalue weighted by molar-refractivity contribution is 5.28. The fourth-order valence-corrected chi connectivity index (χ4v) is 2.54.